The Morgan fingerprint density at radius 3 is 2.52 bits per heavy atom. The van der Waals surface area contributed by atoms with E-state index in [2.05, 4.69) is 15.3 Å². The van der Waals surface area contributed by atoms with Gasteiger partial charge in [0.05, 0.1) is 16.8 Å². The van der Waals surface area contributed by atoms with E-state index in [1.54, 1.807) is 11.8 Å². The summed E-state index contributed by atoms with van der Waals surface area (Å²) in [6.07, 6.45) is 1.51. The number of amides is 2. The predicted molar refractivity (Wildman–Crippen MR) is 111 cm³/mol. The van der Waals surface area contributed by atoms with Crippen molar-refractivity contribution in [1.82, 2.24) is 19.8 Å². The third-order valence-electron chi connectivity index (χ3n) is 5.16. The summed E-state index contributed by atoms with van der Waals surface area (Å²) in [5, 5.41) is 4.17. The fourth-order valence-electron chi connectivity index (χ4n) is 3.53. The molecule has 1 saturated heterocycles. The smallest absolute Gasteiger partial charge is 0.264 e. The van der Waals surface area contributed by atoms with Crippen molar-refractivity contribution in [3.8, 4) is 0 Å². The Kier molecular flexibility index (Phi) is 5.23. The molecule has 8 nitrogen and oxygen atoms in total. The number of thiophene rings is 1. The Morgan fingerprint density at radius 1 is 1.14 bits per heavy atom. The predicted octanol–water partition coefficient (Wildman–Crippen LogP) is 2.82. The van der Waals surface area contributed by atoms with Crippen LogP contribution in [0.4, 0.5) is 5.82 Å². The number of piperazine rings is 1. The molecule has 0 spiro atoms. The van der Waals surface area contributed by atoms with E-state index in [0.717, 1.165) is 27.3 Å². The maximum Gasteiger partial charge on any atom is 0.264 e. The van der Waals surface area contributed by atoms with Crippen molar-refractivity contribution in [1.29, 1.82) is 0 Å². The second-order valence-electron chi connectivity index (χ2n) is 7.12. The lowest BCUT2D eigenvalue weighted by atomic mass is 10.1. The van der Waals surface area contributed by atoms with Crippen LogP contribution in [0.3, 0.4) is 0 Å². The van der Waals surface area contributed by atoms with Gasteiger partial charge >= 0.3 is 0 Å². The number of hydrogen-bond donors (Lipinski definition) is 1. The normalized spacial score (nSPS) is 14.4. The van der Waals surface area contributed by atoms with E-state index in [0.29, 0.717) is 43.4 Å². The van der Waals surface area contributed by atoms with E-state index in [9.17, 15) is 9.59 Å². The molecule has 4 heterocycles. The maximum absolute atomic E-state index is 13.1. The minimum Gasteiger partial charge on any atom is -0.465 e. The number of rotatable bonds is 4. The van der Waals surface area contributed by atoms with Crippen LogP contribution >= 0.6 is 11.3 Å². The highest BCUT2D eigenvalue weighted by Gasteiger charge is 2.27. The summed E-state index contributed by atoms with van der Waals surface area (Å²) in [5.41, 5.74) is 0.878. The lowest BCUT2D eigenvalue weighted by molar-refractivity contribution is -0.130. The van der Waals surface area contributed by atoms with Crippen molar-refractivity contribution in [3.05, 3.63) is 40.4 Å². The fraction of sp³-hybridized carbons (Fsp3) is 0.400. The van der Waals surface area contributed by atoms with Crippen LogP contribution in [0.2, 0.25) is 0 Å². The van der Waals surface area contributed by atoms with Crippen LogP contribution < -0.4 is 5.32 Å². The Morgan fingerprint density at radius 2 is 1.86 bits per heavy atom. The lowest BCUT2D eigenvalue weighted by Gasteiger charge is -2.34. The van der Waals surface area contributed by atoms with E-state index in [1.165, 1.54) is 17.7 Å². The summed E-state index contributed by atoms with van der Waals surface area (Å²) < 4.78 is 5.60. The third kappa shape index (κ3) is 3.82. The van der Waals surface area contributed by atoms with Crippen LogP contribution in [0.1, 0.15) is 33.7 Å². The van der Waals surface area contributed by atoms with Gasteiger partial charge in [-0.15, -0.1) is 11.3 Å². The van der Waals surface area contributed by atoms with Crippen molar-refractivity contribution in [2.75, 3.05) is 31.5 Å². The zero-order valence-corrected chi connectivity index (χ0v) is 17.5. The molecule has 0 radical (unpaired) electrons. The summed E-state index contributed by atoms with van der Waals surface area (Å²) in [7, 11) is 0. The SMILES string of the molecule is CC(=O)N1CCN(C(=O)c2sc3ncnc(NCc4ccc(C)o4)c3c2C)CC1. The molecule has 0 saturated carbocycles. The van der Waals surface area contributed by atoms with Crippen molar-refractivity contribution >= 4 is 39.2 Å². The van der Waals surface area contributed by atoms with E-state index in [1.807, 2.05) is 30.9 Å². The second kappa shape index (κ2) is 7.82. The number of aromatic nitrogens is 2. The molecule has 3 aromatic rings. The summed E-state index contributed by atoms with van der Waals surface area (Å²) in [6.45, 7) is 8.13. The molecule has 29 heavy (non-hydrogen) atoms. The molecule has 2 amide bonds. The van der Waals surface area contributed by atoms with E-state index >= 15 is 0 Å². The number of nitrogens with one attached hydrogen (secondary N) is 1. The molecule has 3 aromatic heterocycles. The molecule has 152 valence electrons. The van der Waals surface area contributed by atoms with Gasteiger partial charge in [-0.3, -0.25) is 9.59 Å². The van der Waals surface area contributed by atoms with Crippen LogP contribution in [-0.2, 0) is 11.3 Å². The van der Waals surface area contributed by atoms with Gasteiger partial charge in [0.25, 0.3) is 5.91 Å². The van der Waals surface area contributed by atoms with Crippen LogP contribution in [0, 0.1) is 13.8 Å². The molecular weight excluding hydrogens is 390 g/mol. The highest BCUT2D eigenvalue weighted by atomic mass is 32.1. The molecule has 1 fully saturated rings. The van der Waals surface area contributed by atoms with Crippen molar-refractivity contribution in [3.63, 3.8) is 0 Å². The van der Waals surface area contributed by atoms with Gasteiger partial charge in [-0.05, 0) is 31.5 Å². The zero-order chi connectivity index (χ0) is 20.5. The number of nitrogens with zero attached hydrogens (tertiary/aromatic N) is 4. The van der Waals surface area contributed by atoms with Gasteiger partial charge in [-0.2, -0.15) is 0 Å². The Balaban J connectivity index is 1.56. The molecule has 1 aliphatic rings. The molecular formula is C20H23N5O3S. The van der Waals surface area contributed by atoms with Crippen molar-refractivity contribution in [2.45, 2.75) is 27.3 Å². The van der Waals surface area contributed by atoms with Gasteiger partial charge in [0.2, 0.25) is 5.91 Å². The molecule has 1 N–H and O–H groups in total. The Hall–Kier alpha value is -2.94. The number of fused-ring (bicyclic) bond motifs is 1. The summed E-state index contributed by atoms with van der Waals surface area (Å²) in [6, 6.07) is 3.85. The minimum atomic E-state index is -0.0127. The standard InChI is InChI=1S/C20H23N5O3S/c1-12-4-5-15(28-12)10-21-18-16-13(2)17(29-19(16)23-11-22-18)20(27)25-8-6-24(7-9-25)14(3)26/h4-5,11H,6-10H2,1-3H3,(H,21,22,23). The molecule has 0 atom stereocenters. The van der Waals surface area contributed by atoms with E-state index in [4.69, 9.17) is 4.42 Å². The molecule has 4 rings (SSSR count). The molecule has 0 aliphatic carbocycles. The van der Waals surface area contributed by atoms with E-state index in [-0.39, 0.29) is 11.8 Å². The molecule has 0 unspecified atom stereocenters. The second-order valence-corrected chi connectivity index (χ2v) is 8.12. The molecule has 0 aromatic carbocycles. The number of carbonyl (C=O) groups is 2. The number of aryl methyl sites for hydroxylation is 2. The quantitative estimate of drug-likeness (QED) is 0.707. The Labute approximate surface area is 172 Å². The zero-order valence-electron chi connectivity index (χ0n) is 16.7. The van der Waals surface area contributed by atoms with Crippen LogP contribution in [0.25, 0.3) is 10.2 Å². The largest absolute Gasteiger partial charge is 0.465 e. The number of hydrogen-bond acceptors (Lipinski definition) is 7. The van der Waals surface area contributed by atoms with Gasteiger partial charge in [-0.1, -0.05) is 0 Å². The van der Waals surface area contributed by atoms with Gasteiger partial charge in [0.15, 0.2) is 0 Å². The number of carbonyl (C=O) groups excluding carboxylic acids is 2. The first-order chi connectivity index (χ1) is 13.9. The van der Waals surface area contributed by atoms with E-state index < -0.39 is 0 Å². The molecule has 1 aliphatic heterocycles. The van der Waals surface area contributed by atoms with Gasteiger partial charge in [0, 0.05) is 33.1 Å². The maximum atomic E-state index is 13.1. The minimum absolute atomic E-state index is 0.0127. The van der Waals surface area contributed by atoms with Crippen LogP contribution in [-0.4, -0.2) is 57.8 Å². The summed E-state index contributed by atoms with van der Waals surface area (Å²) in [4.78, 5) is 38.4. The molecule has 0 bridgehead atoms. The average molecular weight is 414 g/mol. The molecule has 9 heteroatoms. The van der Waals surface area contributed by atoms with Crippen LogP contribution in [0.5, 0.6) is 0 Å². The van der Waals surface area contributed by atoms with Crippen molar-refractivity contribution in [2.24, 2.45) is 0 Å². The van der Waals surface area contributed by atoms with Crippen LogP contribution in [0.15, 0.2) is 22.9 Å². The summed E-state index contributed by atoms with van der Waals surface area (Å²) in [5.74, 6) is 2.41. The number of furan rings is 1. The van der Waals surface area contributed by atoms with Gasteiger partial charge in [0.1, 0.15) is 28.5 Å². The lowest BCUT2D eigenvalue weighted by Crippen LogP contribution is -2.50. The highest BCUT2D eigenvalue weighted by Crippen LogP contribution is 2.34. The third-order valence-corrected chi connectivity index (χ3v) is 6.35. The first-order valence-corrected chi connectivity index (χ1v) is 10.3. The monoisotopic (exact) mass is 413 g/mol. The summed E-state index contributed by atoms with van der Waals surface area (Å²) >= 11 is 1.39. The van der Waals surface area contributed by atoms with Gasteiger partial charge < -0.3 is 19.5 Å². The first-order valence-electron chi connectivity index (χ1n) is 9.52. The topological polar surface area (TPSA) is 91.6 Å². The Bertz CT molecular complexity index is 1070. The van der Waals surface area contributed by atoms with Gasteiger partial charge in [-0.25, -0.2) is 9.97 Å². The first kappa shape index (κ1) is 19.4. The van der Waals surface area contributed by atoms with Crippen molar-refractivity contribution < 1.29 is 14.0 Å². The highest BCUT2D eigenvalue weighted by molar-refractivity contribution is 7.20. The fourth-order valence-corrected chi connectivity index (χ4v) is 4.65. The average Bonchev–Trinajstić information content (AvgIpc) is 3.29. The number of anilines is 1.